The number of amides is 1. The standard InChI is InChI=1S/C25H34FNO3Si/c1-25(2,3)31(4,5)30-22-12-9-17-27(23(22)20-13-15-21(26)16-14-20)24(28)29-18-19-10-7-6-8-11-19/h6-8,10-11,13-16,22-23H,9,12,17-18H2,1-5H3/t22-,23-/m1/s1. The number of ether oxygens (including phenoxy) is 1. The van der Waals surface area contributed by atoms with Crippen LogP contribution in [0.3, 0.4) is 0 Å². The van der Waals surface area contributed by atoms with Gasteiger partial charge in [0.05, 0.1) is 12.1 Å². The van der Waals surface area contributed by atoms with E-state index in [0.29, 0.717) is 6.54 Å². The minimum Gasteiger partial charge on any atom is -0.445 e. The van der Waals surface area contributed by atoms with E-state index in [1.807, 2.05) is 30.3 Å². The summed E-state index contributed by atoms with van der Waals surface area (Å²) in [6.07, 6.45) is 1.19. The molecule has 31 heavy (non-hydrogen) atoms. The fourth-order valence-electron chi connectivity index (χ4n) is 3.70. The number of hydrogen-bond acceptors (Lipinski definition) is 3. The Hall–Kier alpha value is -2.18. The number of likely N-dealkylation sites (tertiary alicyclic amines) is 1. The summed E-state index contributed by atoms with van der Waals surface area (Å²) < 4.78 is 26.0. The van der Waals surface area contributed by atoms with Crippen molar-refractivity contribution in [2.75, 3.05) is 6.54 Å². The second kappa shape index (κ2) is 9.53. The van der Waals surface area contributed by atoms with Crippen molar-refractivity contribution in [1.29, 1.82) is 0 Å². The molecule has 0 unspecified atom stereocenters. The Bertz CT molecular complexity index is 865. The Morgan fingerprint density at radius 1 is 1.10 bits per heavy atom. The van der Waals surface area contributed by atoms with Gasteiger partial charge in [0.15, 0.2) is 8.32 Å². The van der Waals surface area contributed by atoms with E-state index in [-0.39, 0.29) is 35.7 Å². The highest BCUT2D eigenvalue weighted by molar-refractivity contribution is 6.74. The topological polar surface area (TPSA) is 38.8 Å². The van der Waals surface area contributed by atoms with Gasteiger partial charge in [-0.05, 0) is 54.2 Å². The van der Waals surface area contributed by atoms with Crippen LogP contribution in [-0.4, -0.2) is 32.0 Å². The van der Waals surface area contributed by atoms with Gasteiger partial charge < -0.3 is 9.16 Å². The number of piperidine rings is 1. The lowest BCUT2D eigenvalue weighted by molar-refractivity contribution is 0.00801. The maximum absolute atomic E-state index is 13.6. The molecule has 1 amide bonds. The molecular weight excluding hydrogens is 409 g/mol. The number of rotatable bonds is 5. The highest BCUT2D eigenvalue weighted by Crippen LogP contribution is 2.42. The summed E-state index contributed by atoms with van der Waals surface area (Å²) in [5.41, 5.74) is 1.82. The van der Waals surface area contributed by atoms with E-state index in [1.54, 1.807) is 17.0 Å². The molecule has 168 valence electrons. The molecule has 2 aromatic rings. The number of benzene rings is 2. The molecule has 0 radical (unpaired) electrons. The lowest BCUT2D eigenvalue weighted by Gasteiger charge is -2.46. The normalized spacial score (nSPS) is 19.9. The van der Waals surface area contributed by atoms with Crippen LogP contribution >= 0.6 is 0 Å². The van der Waals surface area contributed by atoms with Gasteiger partial charge in [0.25, 0.3) is 0 Å². The number of halogens is 1. The first kappa shape index (κ1) is 23.5. The number of carbonyl (C=O) groups is 1. The molecule has 0 saturated carbocycles. The number of carbonyl (C=O) groups excluding carboxylic acids is 1. The van der Waals surface area contributed by atoms with E-state index in [0.717, 1.165) is 24.0 Å². The van der Waals surface area contributed by atoms with E-state index < -0.39 is 8.32 Å². The van der Waals surface area contributed by atoms with Crippen LogP contribution in [-0.2, 0) is 15.8 Å². The Labute approximate surface area is 186 Å². The summed E-state index contributed by atoms with van der Waals surface area (Å²) >= 11 is 0. The highest BCUT2D eigenvalue weighted by Gasteiger charge is 2.44. The van der Waals surface area contributed by atoms with Crippen LogP contribution in [0.2, 0.25) is 18.1 Å². The van der Waals surface area contributed by atoms with Crippen molar-refractivity contribution in [2.24, 2.45) is 0 Å². The van der Waals surface area contributed by atoms with Gasteiger partial charge in [-0.25, -0.2) is 9.18 Å². The third-order valence-electron chi connectivity index (χ3n) is 6.48. The average Bonchev–Trinajstić information content (AvgIpc) is 2.72. The highest BCUT2D eigenvalue weighted by atomic mass is 28.4. The molecule has 2 atom stereocenters. The quantitative estimate of drug-likeness (QED) is 0.483. The molecule has 3 rings (SSSR count). The predicted molar refractivity (Wildman–Crippen MR) is 124 cm³/mol. The molecule has 0 spiro atoms. The van der Waals surface area contributed by atoms with Crippen molar-refractivity contribution in [2.45, 2.75) is 70.5 Å². The van der Waals surface area contributed by atoms with Gasteiger partial charge in [-0.15, -0.1) is 0 Å². The van der Waals surface area contributed by atoms with Crippen molar-refractivity contribution in [3.8, 4) is 0 Å². The van der Waals surface area contributed by atoms with Crippen molar-refractivity contribution < 1.29 is 18.3 Å². The Morgan fingerprint density at radius 2 is 1.74 bits per heavy atom. The van der Waals surface area contributed by atoms with Crippen molar-refractivity contribution >= 4 is 14.4 Å². The zero-order valence-electron chi connectivity index (χ0n) is 19.2. The second-order valence-electron chi connectivity index (χ2n) is 9.79. The van der Waals surface area contributed by atoms with Gasteiger partial charge in [-0.3, -0.25) is 4.90 Å². The average molecular weight is 444 g/mol. The second-order valence-corrected chi connectivity index (χ2v) is 14.5. The first-order valence-corrected chi connectivity index (χ1v) is 13.9. The van der Waals surface area contributed by atoms with Crippen LogP contribution in [0.1, 0.15) is 50.8 Å². The monoisotopic (exact) mass is 443 g/mol. The molecule has 4 nitrogen and oxygen atoms in total. The van der Waals surface area contributed by atoms with Crippen LogP contribution in [0.4, 0.5) is 9.18 Å². The maximum atomic E-state index is 13.6. The van der Waals surface area contributed by atoms with E-state index >= 15 is 0 Å². The van der Waals surface area contributed by atoms with E-state index in [2.05, 4.69) is 33.9 Å². The van der Waals surface area contributed by atoms with Crippen LogP contribution in [0, 0.1) is 5.82 Å². The summed E-state index contributed by atoms with van der Waals surface area (Å²) in [6, 6.07) is 15.8. The van der Waals surface area contributed by atoms with Gasteiger partial charge in [0, 0.05) is 6.54 Å². The zero-order valence-corrected chi connectivity index (χ0v) is 20.2. The molecule has 0 aliphatic carbocycles. The van der Waals surface area contributed by atoms with E-state index in [9.17, 15) is 9.18 Å². The SMILES string of the molecule is CC(C)(C)[Si](C)(C)O[C@@H]1CCCN(C(=O)OCc2ccccc2)[C@@H]1c1ccc(F)cc1. The number of nitrogens with zero attached hydrogens (tertiary/aromatic N) is 1. The van der Waals surface area contributed by atoms with E-state index in [4.69, 9.17) is 9.16 Å². The number of hydrogen-bond donors (Lipinski definition) is 0. The van der Waals surface area contributed by atoms with Gasteiger partial charge in [0.1, 0.15) is 12.4 Å². The van der Waals surface area contributed by atoms with Crippen LogP contribution in [0.5, 0.6) is 0 Å². The van der Waals surface area contributed by atoms with Crippen molar-refractivity contribution in [3.63, 3.8) is 0 Å². The summed E-state index contributed by atoms with van der Waals surface area (Å²) in [5.74, 6) is -0.292. The third-order valence-corrected chi connectivity index (χ3v) is 11.0. The van der Waals surface area contributed by atoms with Crippen LogP contribution in [0.25, 0.3) is 0 Å². The Balaban J connectivity index is 1.85. The van der Waals surface area contributed by atoms with Gasteiger partial charge in [-0.1, -0.05) is 63.2 Å². The molecule has 1 heterocycles. The summed E-state index contributed by atoms with van der Waals surface area (Å²) in [6.45, 7) is 11.9. The molecule has 0 N–H and O–H groups in total. The first-order valence-electron chi connectivity index (χ1n) is 11.0. The van der Waals surface area contributed by atoms with Crippen molar-refractivity contribution in [3.05, 3.63) is 71.5 Å². The smallest absolute Gasteiger partial charge is 0.410 e. The molecule has 6 heteroatoms. The fraction of sp³-hybridized carbons (Fsp3) is 0.480. The molecule has 1 aliphatic rings. The summed E-state index contributed by atoms with van der Waals surface area (Å²) in [5, 5.41) is 0.0520. The van der Waals surface area contributed by atoms with Gasteiger partial charge >= 0.3 is 6.09 Å². The molecule has 0 aromatic heterocycles. The summed E-state index contributed by atoms with van der Waals surface area (Å²) in [7, 11) is -2.07. The van der Waals surface area contributed by atoms with Crippen molar-refractivity contribution in [1.82, 2.24) is 4.90 Å². The minimum absolute atomic E-state index is 0.0520. The maximum Gasteiger partial charge on any atom is 0.410 e. The first-order chi connectivity index (χ1) is 14.6. The lowest BCUT2D eigenvalue weighted by Crippen LogP contribution is -2.52. The largest absolute Gasteiger partial charge is 0.445 e. The third kappa shape index (κ3) is 5.74. The lowest BCUT2D eigenvalue weighted by atomic mass is 9.93. The molecular formula is C25H34FNO3Si. The molecule has 1 aliphatic heterocycles. The molecule has 2 aromatic carbocycles. The zero-order chi connectivity index (χ0) is 22.6. The van der Waals surface area contributed by atoms with Gasteiger partial charge in [-0.2, -0.15) is 0 Å². The Kier molecular flexibility index (Phi) is 7.22. The summed E-state index contributed by atoms with van der Waals surface area (Å²) in [4.78, 5) is 14.9. The molecule has 0 bridgehead atoms. The molecule has 1 saturated heterocycles. The predicted octanol–water partition coefficient (Wildman–Crippen LogP) is 6.69. The van der Waals surface area contributed by atoms with Gasteiger partial charge in [0.2, 0.25) is 0 Å². The minimum atomic E-state index is -2.07. The van der Waals surface area contributed by atoms with Crippen LogP contribution in [0.15, 0.2) is 54.6 Å². The van der Waals surface area contributed by atoms with Crippen LogP contribution < -0.4 is 0 Å². The van der Waals surface area contributed by atoms with E-state index in [1.165, 1.54) is 12.1 Å². The fourth-order valence-corrected chi connectivity index (χ4v) is 5.06. The Morgan fingerprint density at radius 3 is 2.35 bits per heavy atom. The molecule has 1 fully saturated rings.